The maximum absolute atomic E-state index is 12.6. The summed E-state index contributed by atoms with van der Waals surface area (Å²) in [5.74, 6) is 0.126. The van der Waals surface area contributed by atoms with Gasteiger partial charge in [0.25, 0.3) is 0 Å². The van der Waals surface area contributed by atoms with Gasteiger partial charge in [0, 0.05) is 38.3 Å². The van der Waals surface area contributed by atoms with E-state index in [1.165, 1.54) is 5.56 Å². The molecule has 2 amide bonds. The monoisotopic (exact) mass is 315 g/mol. The number of anilines is 1. The van der Waals surface area contributed by atoms with Crippen LogP contribution >= 0.6 is 0 Å². The molecule has 2 aliphatic heterocycles. The van der Waals surface area contributed by atoms with E-state index in [1.54, 1.807) is 4.90 Å². The van der Waals surface area contributed by atoms with Gasteiger partial charge in [-0.3, -0.25) is 9.59 Å². The van der Waals surface area contributed by atoms with Crippen molar-refractivity contribution in [1.29, 1.82) is 0 Å². The third kappa shape index (κ3) is 3.55. The summed E-state index contributed by atoms with van der Waals surface area (Å²) in [6, 6.07) is 7.96. The Bertz CT molecular complexity index is 579. The normalized spacial score (nSPS) is 19.4. The predicted octanol–water partition coefficient (Wildman–Crippen LogP) is 1.52. The van der Waals surface area contributed by atoms with Crippen LogP contribution in [0, 0.1) is 0 Å². The third-order valence-electron chi connectivity index (χ3n) is 4.89. The van der Waals surface area contributed by atoms with Crippen LogP contribution in [0.4, 0.5) is 5.69 Å². The number of nitrogens with zero attached hydrogens (tertiary/aromatic N) is 3. The van der Waals surface area contributed by atoms with E-state index in [4.69, 9.17) is 0 Å². The minimum Gasteiger partial charge on any atom is -0.339 e. The number of aryl methyl sites for hydroxylation is 1. The fourth-order valence-corrected chi connectivity index (χ4v) is 3.41. The van der Waals surface area contributed by atoms with Gasteiger partial charge in [-0.05, 0) is 31.0 Å². The number of fused-ring (bicyclic) bond motifs is 1. The minimum absolute atomic E-state index is 0.0609. The zero-order chi connectivity index (χ0) is 16.2. The first-order valence-electron chi connectivity index (χ1n) is 8.57. The Hall–Kier alpha value is -1.88. The second-order valence-corrected chi connectivity index (χ2v) is 6.28. The Morgan fingerprint density at radius 2 is 1.83 bits per heavy atom. The molecule has 0 unspecified atom stereocenters. The Labute approximate surface area is 137 Å². The quantitative estimate of drug-likeness (QED) is 0.849. The number of piperazine rings is 1. The highest BCUT2D eigenvalue weighted by molar-refractivity contribution is 5.99. The number of likely N-dealkylation sites (N-methyl/N-ethyl adjacent to an activating group) is 1. The van der Waals surface area contributed by atoms with E-state index in [-0.39, 0.29) is 18.4 Å². The van der Waals surface area contributed by atoms with Crippen molar-refractivity contribution in [2.45, 2.75) is 26.2 Å². The van der Waals surface area contributed by atoms with Gasteiger partial charge < -0.3 is 14.7 Å². The van der Waals surface area contributed by atoms with Crippen molar-refractivity contribution >= 4 is 17.5 Å². The highest BCUT2D eigenvalue weighted by Crippen LogP contribution is 2.26. The van der Waals surface area contributed by atoms with Crippen LogP contribution in [0.2, 0.25) is 0 Å². The molecule has 0 N–H and O–H groups in total. The van der Waals surface area contributed by atoms with Crippen molar-refractivity contribution in [2.24, 2.45) is 0 Å². The number of rotatable bonds is 3. The van der Waals surface area contributed by atoms with Gasteiger partial charge >= 0.3 is 0 Å². The first-order valence-corrected chi connectivity index (χ1v) is 8.57. The van der Waals surface area contributed by atoms with Gasteiger partial charge in [0.1, 0.15) is 6.54 Å². The molecule has 1 aromatic rings. The van der Waals surface area contributed by atoms with Crippen LogP contribution in [0.3, 0.4) is 0 Å². The van der Waals surface area contributed by atoms with E-state index < -0.39 is 0 Å². The van der Waals surface area contributed by atoms with Crippen LogP contribution in [0.25, 0.3) is 0 Å². The van der Waals surface area contributed by atoms with Crippen LogP contribution in [-0.4, -0.2) is 60.9 Å². The van der Waals surface area contributed by atoms with E-state index in [0.29, 0.717) is 6.42 Å². The zero-order valence-corrected chi connectivity index (χ0v) is 13.8. The molecule has 5 heteroatoms. The lowest BCUT2D eigenvalue weighted by atomic mass is 10.1. The van der Waals surface area contributed by atoms with E-state index >= 15 is 0 Å². The highest BCUT2D eigenvalue weighted by Gasteiger charge is 2.27. The standard InChI is InChI=1S/C18H25N3O2/c1-2-19-10-12-20(13-11-19)18(23)14-21-16-8-4-3-6-15(16)7-5-9-17(21)22/h3-4,6,8H,2,5,7,9-14H2,1H3. The summed E-state index contributed by atoms with van der Waals surface area (Å²) < 4.78 is 0. The fraction of sp³-hybridized carbons (Fsp3) is 0.556. The summed E-state index contributed by atoms with van der Waals surface area (Å²) in [7, 11) is 0. The summed E-state index contributed by atoms with van der Waals surface area (Å²) in [4.78, 5) is 31.0. The van der Waals surface area contributed by atoms with E-state index in [2.05, 4.69) is 17.9 Å². The molecule has 0 aromatic heterocycles. The van der Waals surface area contributed by atoms with Crippen LogP contribution in [0.1, 0.15) is 25.3 Å². The number of para-hydroxylation sites is 1. The van der Waals surface area contributed by atoms with E-state index in [1.807, 2.05) is 23.1 Å². The SMILES string of the molecule is CCN1CCN(C(=O)CN2C(=O)CCCc3ccccc32)CC1. The lowest BCUT2D eigenvalue weighted by Gasteiger charge is -2.35. The van der Waals surface area contributed by atoms with Crippen molar-refractivity contribution in [1.82, 2.24) is 9.80 Å². The molecule has 2 heterocycles. The molecule has 3 rings (SSSR count). The molecule has 2 aliphatic rings. The second-order valence-electron chi connectivity index (χ2n) is 6.28. The highest BCUT2D eigenvalue weighted by atomic mass is 16.2. The summed E-state index contributed by atoms with van der Waals surface area (Å²) in [5.41, 5.74) is 2.08. The smallest absolute Gasteiger partial charge is 0.242 e. The minimum atomic E-state index is 0.0609. The topological polar surface area (TPSA) is 43.9 Å². The van der Waals surface area contributed by atoms with Gasteiger partial charge in [-0.25, -0.2) is 0 Å². The number of amides is 2. The molecule has 0 atom stereocenters. The summed E-state index contributed by atoms with van der Waals surface area (Å²) in [5, 5.41) is 0. The van der Waals surface area contributed by atoms with Gasteiger partial charge in [0.05, 0.1) is 0 Å². The number of hydrogen-bond donors (Lipinski definition) is 0. The Balaban J connectivity index is 1.71. The average Bonchev–Trinajstić information content (AvgIpc) is 2.74. The summed E-state index contributed by atoms with van der Waals surface area (Å²) in [6.07, 6.45) is 2.28. The molecule has 124 valence electrons. The third-order valence-corrected chi connectivity index (χ3v) is 4.89. The van der Waals surface area contributed by atoms with Gasteiger partial charge in [0.2, 0.25) is 11.8 Å². The van der Waals surface area contributed by atoms with Crippen LogP contribution < -0.4 is 4.90 Å². The molecule has 0 bridgehead atoms. The number of hydrogen-bond acceptors (Lipinski definition) is 3. The predicted molar refractivity (Wildman–Crippen MR) is 90.4 cm³/mol. The van der Waals surface area contributed by atoms with Gasteiger partial charge in [0.15, 0.2) is 0 Å². The maximum Gasteiger partial charge on any atom is 0.242 e. The number of benzene rings is 1. The van der Waals surface area contributed by atoms with E-state index in [0.717, 1.165) is 51.3 Å². The van der Waals surface area contributed by atoms with Crippen molar-refractivity contribution < 1.29 is 9.59 Å². The molecule has 0 saturated carbocycles. The first kappa shape index (κ1) is 16.0. The summed E-state index contributed by atoms with van der Waals surface area (Å²) in [6.45, 7) is 6.71. The molecule has 1 aromatic carbocycles. The fourth-order valence-electron chi connectivity index (χ4n) is 3.41. The van der Waals surface area contributed by atoms with Crippen molar-refractivity contribution in [3.05, 3.63) is 29.8 Å². The van der Waals surface area contributed by atoms with Crippen molar-refractivity contribution in [3.63, 3.8) is 0 Å². The average molecular weight is 315 g/mol. The van der Waals surface area contributed by atoms with Crippen LogP contribution in [-0.2, 0) is 16.0 Å². The second kappa shape index (κ2) is 7.13. The number of carbonyl (C=O) groups excluding carboxylic acids is 2. The first-order chi connectivity index (χ1) is 11.2. The Morgan fingerprint density at radius 3 is 2.57 bits per heavy atom. The lowest BCUT2D eigenvalue weighted by molar-refractivity contribution is -0.133. The van der Waals surface area contributed by atoms with Crippen molar-refractivity contribution in [3.8, 4) is 0 Å². The summed E-state index contributed by atoms with van der Waals surface area (Å²) >= 11 is 0. The van der Waals surface area contributed by atoms with Crippen LogP contribution in [0.15, 0.2) is 24.3 Å². The molecular weight excluding hydrogens is 290 g/mol. The van der Waals surface area contributed by atoms with Crippen molar-refractivity contribution in [2.75, 3.05) is 44.2 Å². The largest absolute Gasteiger partial charge is 0.339 e. The molecular formula is C18H25N3O2. The van der Waals surface area contributed by atoms with Gasteiger partial charge in [-0.1, -0.05) is 25.1 Å². The molecule has 0 spiro atoms. The molecule has 0 radical (unpaired) electrons. The Morgan fingerprint density at radius 1 is 1.09 bits per heavy atom. The Kier molecular flexibility index (Phi) is 4.96. The van der Waals surface area contributed by atoms with Gasteiger partial charge in [-0.15, -0.1) is 0 Å². The molecule has 1 fully saturated rings. The van der Waals surface area contributed by atoms with E-state index in [9.17, 15) is 9.59 Å². The lowest BCUT2D eigenvalue weighted by Crippen LogP contribution is -2.51. The molecule has 0 aliphatic carbocycles. The molecule has 1 saturated heterocycles. The maximum atomic E-state index is 12.6. The number of carbonyl (C=O) groups is 2. The zero-order valence-electron chi connectivity index (χ0n) is 13.8. The van der Waals surface area contributed by atoms with Gasteiger partial charge in [-0.2, -0.15) is 0 Å². The molecule has 5 nitrogen and oxygen atoms in total. The molecule has 23 heavy (non-hydrogen) atoms. The van der Waals surface area contributed by atoms with Crippen LogP contribution in [0.5, 0.6) is 0 Å².